The molecule has 0 saturated carbocycles. The number of amides is 1. The van der Waals surface area contributed by atoms with Crippen LogP contribution in [-0.4, -0.2) is 29.4 Å². The van der Waals surface area contributed by atoms with Crippen molar-refractivity contribution in [3.63, 3.8) is 0 Å². The molecule has 0 spiro atoms. The second-order valence-electron chi connectivity index (χ2n) is 4.74. The van der Waals surface area contributed by atoms with Crippen molar-refractivity contribution in [1.29, 1.82) is 0 Å². The van der Waals surface area contributed by atoms with Crippen LogP contribution in [0.3, 0.4) is 0 Å². The summed E-state index contributed by atoms with van der Waals surface area (Å²) in [6, 6.07) is 0. The minimum Gasteiger partial charge on any atom is -0.393 e. The molecule has 1 amide bonds. The fraction of sp³-hybridized carbons (Fsp3) is 0.800. The van der Waals surface area contributed by atoms with Crippen LogP contribution in [0.2, 0.25) is 0 Å². The molecular weight excluding hydrogens is 196 g/mol. The predicted octanol–water partition coefficient (Wildman–Crippen LogP) is 1.41. The van der Waals surface area contributed by atoms with E-state index in [1.54, 1.807) is 11.9 Å². The van der Waals surface area contributed by atoms with Crippen molar-refractivity contribution >= 4 is 23.1 Å². The van der Waals surface area contributed by atoms with Gasteiger partial charge in [0.25, 0.3) is 0 Å². The van der Waals surface area contributed by atoms with E-state index in [-0.39, 0.29) is 17.2 Å². The van der Waals surface area contributed by atoms with Gasteiger partial charge in [-0.2, -0.15) is 0 Å². The first-order valence-corrected chi connectivity index (χ1v) is 5.12. The molecular formula is C10H20N2OS. The number of carbonyl (C=O) groups excluding carboxylic acids is 1. The monoisotopic (exact) mass is 216 g/mol. The van der Waals surface area contributed by atoms with Gasteiger partial charge in [0, 0.05) is 24.9 Å². The van der Waals surface area contributed by atoms with Gasteiger partial charge in [0.2, 0.25) is 5.91 Å². The quantitative estimate of drug-likeness (QED) is 0.726. The predicted molar refractivity (Wildman–Crippen MR) is 63.0 cm³/mol. The van der Waals surface area contributed by atoms with Crippen molar-refractivity contribution in [2.45, 2.75) is 27.7 Å². The van der Waals surface area contributed by atoms with Crippen LogP contribution >= 0.6 is 12.2 Å². The summed E-state index contributed by atoms with van der Waals surface area (Å²) in [6.07, 6.45) is 0. The van der Waals surface area contributed by atoms with E-state index in [1.807, 2.05) is 27.7 Å². The maximum atomic E-state index is 11.8. The molecule has 1 unspecified atom stereocenters. The molecule has 0 aliphatic heterocycles. The summed E-state index contributed by atoms with van der Waals surface area (Å²) in [6.45, 7) is 8.21. The van der Waals surface area contributed by atoms with Gasteiger partial charge in [0.05, 0.1) is 4.99 Å². The van der Waals surface area contributed by atoms with Crippen molar-refractivity contribution in [2.24, 2.45) is 17.1 Å². The zero-order valence-corrected chi connectivity index (χ0v) is 10.4. The molecule has 82 valence electrons. The Morgan fingerprint density at radius 3 is 2.21 bits per heavy atom. The second-order valence-corrected chi connectivity index (χ2v) is 5.21. The molecule has 0 aromatic rings. The fourth-order valence-corrected chi connectivity index (χ4v) is 1.23. The highest BCUT2D eigenvalue weighted by atomic mass is 32.1. The summed E-state index contributed by atoms with van der Waals surface area (Å²) in [7, 11) is 1.78. The van der Waals surface area contributed by atoms with Gasteiger partial charge in [-0.15, -0.1) is 0 Å². The number of nitrogens with zero attached hydrogens (tertiary/aromatic N) is 1. The van der Waals surface area contributed by atoms with Crippen LogP contribution in [0.5, 0.6) is 0 Å². The highest BCUT2D eigenvalue weighted by molar-refractivity contribution is 7.80. The van der Waals surface area contributed by atoms with Crippen LogP contribution < -0.4 is 5.73 Å². The summed E-state index contributed by atoms with van der Waals surface area (Å²) >= 11 is 4.86. The maximum Gasteiger partial charge on any atom is 0.227 e. The van der Waals surface area contributed by atoms with E-state index in [1.165, 1.54) is 0 Å². The highest BCUT2D eigenvalue weighted by Gasteiger charge is 2.25. The smallest absolute Gasteiger partial charge is 0.227 e. The molecule has 0 saturated heterocycles. The fourth-order valence-electron chi connectivity index (χ4n) is 1.16. The van der Waals surface area contributed by atoms with Gasteiger partial charge in [-0.1, -0.05) is 39.9 Å². The van der Waals surface area contributed by atoms with Crippen LogP contribution in [0.4, 0.5) is 0 Å². The van der Waals surface area contributed by atoms with Crippen molar-refractivity contribution in [2.75, 3.05) is 13.6 Å². The van der Waals surface area contributed by atoms with Crippen LogP contribution in [0.25, 0.3) is 0 Å². The Balaban J connectivity index is 4.29. The van der Waals surface area contributed by atoms with Crippen LogP contribution in [-0.2, 0) is 4.79 Å². The average molecular weight is 216 g/mol. The van der Waals surface area contributed by atoms with Crippen LogP contribution in [0.1, 0.15) is 27.7 Å². The Morgan fingerprint density at radius 2 is 1.93 bits per heavy atom. The Labute approximate surface area is 91.6 Å². The van der Waals surface area contributed by atoms with Gasteiger partial charge in [-0.05, 0) is 0 Å². The second kappa shape index (κ2) is 4.73. The molecule has 0 aromatic heterocycles. The Hall–Kier alpha value is -0.640. The molecule has 0 bridgehead atoms. The standard InChI is InChI=1S/C10H20N2OS/c1-7(8(11)14)6-12(5)9(13)10(2,3)4/h7H,6H2,1-5H3,(H2,11,14). The van der Waals surface area contributed by atoms with Crippen molar-refractivity contribution in [3.8, 4) is 0 Å². The zero-order valence-electron chi connectivity index (χ0n) is 9.63. The number of nitrogens with two attached hydrogens (primary N) is 1. The van der Waals surface area contributed by atoms with Gasteiger partial charge in [0.1, 0.15) is 0 Å². The number of thiocarbonyl (C=S) groups is 1. The van der Waals surface area contributed by atoms with E-state index >= 15 is 0 Å². The van der Waals surface area contributed by atoms with E-state index in [0.29, 0.717) is 11.5 Å². The van der Waals surface area contributed by atoms with E-state index in [0.717, 1.165) is 0 Å². The Morgan fingerprint density at radius 1 is 1.50 bits per heavy atom. The lowest BCUT2D eigenvalue weighted by atomic mass is 9.94. The lowest BCUT2D eigenvalue weighted by Gasteiger charge is -2.27. The third-order valence-electron chi connectivity index (χ3n) is 2.02. The molecule has 0 fully saturated rings. The zero-order chi connectivity index (χ0) is 11.5. The number of hydrogen-bond donors (Lipinski definition) is 1. The molecule has 14 heavy (non-hydrogen) atoms. The Kier molecular flexibility index (Phi) is 4.52. The van der Waals surface area contributed by atoms with Crippen molar-refractivity contribution in [1.82, 2.24) is 4.90 Å². The molecule has 0 aliphatic rings. The molecule has 2 N–H and O–H groups in total. The first kappa shape index (κ1) is 13.4. The van der Waals surface area contributed by atoms with Crippen LogP contribution in [0, 0.1) is 11.3 Å². The summed E-state index contributed by atoms with van der Waals surface area (Å²) in [5.41, 5.74) is 5.14. The van der Waals surface area contributed by atoms with E-state index in [4.69, 9.17) is 18.0 Å². The minimum atomic E-state index is -0.343. The molecule has 0 aromatic carbocycles. The summed E-state index contributed by atoms with van der Waals surface area (Å²) in [5, 5.41) is 0. The highest BCUT2D eigenvalue weighted by Crippen LogP contribution is 2.17. The average Bonchev–Trinajstić information content (AvgIpc) is 2.00. The Bertz CT molecular complexity index is 233. The van der Waals surface area contributed by atoms with E-state index in [9.17, 15) is 4.79 Å². The van der Waals surface area contributed by atoms with Crippen molar-refractivity contribution < 1.29 is 4.79 Å². The van der Waals surface area contributed by atoms with E-state index < -0.39 is 0 Å². The first-order valence-electron chi connectivity index (χ1n) is 4.71. The molecule has 0 heterocycles. The lowest BCUT2D eigenvalue weighted by molar-refractivity contribution is -0.138. The minimum absolute atomic E-state index is 0.0706. The molecule has 0 rings (SSSR count). The van der Waals surface area contributed by atoms with Gasteiger partial charge in [0.15, 0.2) is 0 Å². The lowest BCUT2D eigenvalue weighted by Crippen LogP contribution is -2.41. The molecule has 0 aliphatic carbocycles. The maximum absolute atomic E-state index is 11.8. The van der Waals surface area contributed by atoms with Gasteiger partial charge < -0.3 is 10.6 Å². The molecule has 0 radical (unpaired) electrons. The summed E-state index contributed by atoms with van der Waals surface area (Å²) in [4.78, 5) is 13.9. The topological polar surface area (TPSA) is 46.3 Å². The van der Waals surface area contributed by atoms with Gasteiger partial charge in [-0.3, -0.25) is 4.79 Å². The molecule has 3 nitrogen and oxygen atoms in total. The first-order chi connectivity index (χ1) is 6.16. The van der Waals surface area contributed by atoms with Gasteiger partial charge in [-0.25, -0.2) is 0 Å². The van der Waals surface area contributed by atoms with Gasteiger partial charge >= 0.3 is 0 Å². The number of hydrogen-bond acceptors (Lipinski definition) is 2. The normalized spacial score (nSPS) is 13.5. The SMILES string of the molecule is CC(CN(C)C(=O)C(C)(C)C)C(N)=S. The third kappa shape index (κ3) is 4.05. The van der Waals surface area contributed by atoms with E-state index in [2.05, 4.69) is 0 Å². The van der Waals surface area contributed by atoms with Crippen LogP contribution in [0.15, 0.2) is 0 Å². The number of carbonyl (C=O) groups is 1. The molecule has 4 heteroatoms. The largest absolute Gasteiger partial charge is 0.393 e. The summed E-state index contributed by atoms with van der Waals surface area (Å²) in [5.74, 6) is 0.182. The summed E-state index contributed by atoms with van der Waals surface area (Å²) < 4.78 is 0. The number of rotatable bonds is 3. The van der Waals surface area contributed by atoms with Crippen molar-refractivity contribution in [3.05, 3.63) is 0 Å². The molecule has 1 atom stereocenters. The third-order valence-corrected chi connectivity index (χ3v) is 2.42.